The first-order chi connectivity index (χ1) is 17.5. The molecule has 2 heterocycles. The van der Waals surface area contributed by atoms with Crippen LogP contribution in [0.2, 0.25) is 0 Å². The van der Waals surface area contributed by atoms with Crippen molar-refractivity contribution in [2.75, 3.05) is 59.0 Å². The Kier molecular flexibility index (Phi) is 7.82. The van der Waals surface area contributed by atoms with Crippen molar-refractivity contribution < 1.29 is 28.5 Å². The number of carbonyl (C=O) groups excluding carboxylic acids is 2. The fourth-order valence-electron chi connectivity index (χ4n) is 4.47. The summed E-state index contributed by atoms with van der Waals surface area (Å²) in [5.74, 6) is 0.162. The van der Waals surface area contributed by atoms with Crippen LogP contribution in [0.4, 0.5) is 5.69 Å². The largest absolute Gasteiger partial charge is 0.497 e. The van der Waals surface area contributed by atoms with Gasteiger partial charge >= 0.3 is 5.97 Å². The van der Waals surface area contributed by atoms with Crippen LogP contribution in [0.25, 0.3) is 0 Å². The van der Waals surface area contributed by atoms with Crippen LogP contribution in [0, 0.1) is 5.92 Å². The second-order valence-corrected chi connectivity index (χ2v) is 8.40. The van der Waals surface area contributed by atoms with Crippen molar-refractivity contribution in [3.63, 3.8) is 0 Å². The summed E-state index contributed by atoms with van der Waals surface area (Å²) in [7, 11) is 4.73. The van der Waals surface area contributed by atoms with Gasteiger partial charge in [-0.15, -0.1) is 0 Å². The molecule has 0 aliphatic carbocycles. The van der Waals surface area contributed by atoms with E-state index in [0.29, 0.717) is 36.1 Å². The molecule has 0 unspecified atom stereocenters. The third-order valence-electron chi connectivity index (χ3n) is 6.40. The molecule has 2 aliphatic heterocycles. The molecule has 0 aromatic heterocycles. The number of benzene rings is 2. The molecule has 2 aromatic carbocycles. The minimum Gasteiger partial charge on any atom is -0.497 e. The number of hydrogen-bond acceptors (Lipinski definition) is 9. The number of aliphatic imine (C=N–C) groups is 1. The summed E-state index contributed by atoms with van der Waals surface area (Å²) < 4.78 is 21.2. The lowest BCUT2D eigenvalue weighted by atomic mass is 9.91. The Labute approximate surface area is 210 Å². The zero-order chi connectivity index (χ0) is 25.7. The quantitative estimate of drug-likeness (QED) is 0.460. The molecule has 2 atom stereocenters. The van der Waals surface area contributed by atoms with Crippen molar-refractivity contribution in [2.45, 2.75) is 13.0 Å². The van der Waals surface area contributed by atoms with E-state index in [1.165, 1.54) is 7.11 Å². The third kappa shape index (κ3) is 5.17. The highest BCUT2D eigenvalue weighted by Crippen LogP contribution is 2.36. The van der Waals surface area contributed by atoms with Crippen LogP contribution in [0.5, 0.6) is 17.2 Å². The van der Waals surface area contributed by atoms with E-state index in [-0.39, 0.29) is 6.61 Å². The normalized spacial score (nSPS) is 19.8. The van der Waals surface area contributed by atoms with Gasteiger partial charge in [0.05, 0.1) is 27.9 Å². The Morgan fingerprint density at radius 1 is 0.944 bits per heavy atom. The smallest absolute Gasteiger partial charge is 0.321 e. The van der Waals surface area contributed by atoms with Crippen LogP contribution < -0.4 is 24.4 Å². The van der Waals surface area contributed by atoms with Crippen LogP contribution >= 0.6 is 0 Å². The highest BCUT2D eigenvalue weighted by molar-refractivity contribution is 6.08. The zero-order valence-electron chi connectivity index (χ0n) is 21.0. The number of rotatable bonds is 7. The maximum absolute atomic E-state index is 13.2. The first kappa shape index (κ1) is 25.2. The predicted octanol–water partition coefficient (Wildman–Crippen LogP) is 2.24. The number of hydrogen-bond donors (Lipinski definition) is 1. The SMILES string of the molecule is CCOC(=O)[C@H]1C(=O)NC(N2CCN(c3ccc(OC)cc3)CC2)=N[C@@H]1c1ccc(OC)c(OC)c1. The maximum atomic E-state index is 13.2. The van der Waals surface area contributed by atoms with E-state index < -0.39 is 23.8 Å². The van der Waals surface area contributed by atoms with Gasteiger partial charge in [-0.25, -0.2) is 4.99 Å². The molecule has 1 saturated heterocycles. The molecule has 0 bridgehead atoms. The Hall–Kier alpha value is -3.95. The lowest BCUT2D eigenvalue weighted by Gasteiger charge is -2.39. The van der Waals surface area contributed by atoms with Gasteiger partial charge in [0.2, 0.25) is 11.9 Å². The monoisotopic (exact) mass is 496 g/mol. The van der Waals surface area contributed by atoms with Gasteiger partial charge in [-0.2, -0.15) is 0 Å². The minimum absolute atomic E-state index is 0.172. The number of guanidine groups is 1. The summed E-state index contributed by atoms with van der Waals surface area (Å²) >= 11 is 0. The zero-order valence-corrected chi connectivity index (χ0v) is 21.0. The van der Waals surface area contributed by atoms with E-state index in [1.807, 2.05) is 29.2 Å². The van der Waals surface area contributed by atoms with Crippen molar-refractivity contribution in [1.82, 2.24) is 10.2 Å². The summed E-state index contributed by atoms with van der Waals surface area (Å²) in [5.41, 5.74) is 1.77. The molecule has 0 spiro atoms. The molecule has 36 heavy (non-hydrogen) atoms. The highest BCUT2D eigenvalue weighted by atomic mass is 16.5. The Morgan fingerprint density at radius 3 is 2.22 bits per heavy atom. The summed E-state index contributed by atoms with van der Waals surface area (Å²) in [4.78, 5) is 35.1. The van der Waals surface area contributed by atoms with E-state index in [0.717, 1.165) is 24.5 Å². The van der Waals surface area contributed by atoms with E-state index in [2.05, 4.69) is 10.2 Å². The molecule has 10 nitrogen and oxygen atoms in total. The number of methoxy groups -OCH3 is 3. The van der Waals surface area contributed by atoms with Crippen molar-refractivity contribution in [3.05, 3.63) is 48.0 Å². The Balaban J connectivity index is 1.58. The number of amides is 1. The van der Waals surface area contributed by atoms with Crippen molar-refractivity contribution in [3.8, 4) is 17.2 Å². The Bertz CT molecular complexity index is 1110. The van der Waals surface area contributed by atoms with Crippen molar-refractivity contribution in [2.24, 2.45) is 10.9 Å². The number of nitrogens with zero attached hydrogens (tertiary/aromatic N) is 3. The second-order valence-electron chi connectivity index (χ2n) is 8.40. The maximum Gasteiger partial charge on any atom is 0.321 e. The first-order valence-corrected chi connectivity index (χ1v) is 11.9. The lowest BCUT2D eigenvalue weighted by molar-refractivity contribution is -0.153. The molecule has 0 saturated carbocycles. The van der Waals surface area contributed by atoms with E-state index >= 15 is 0 Å². The minimum atomic E-state index is -1.10. The third-order valence-corrected chi connectivity index (χ3v) is 6.40. The fraction of sp³-hybridized carbons (Fsp3) is 0.423. The second kappa shape index (κ2) is 11.2. The van der Waals surface area contributed by atoms with Gasteiger partial charge in [0, 0.05) is 31.9 Å². The van der Waals surface area contributed by atoms with Crippen LogP contribution in [0.1, 0.15) is 18.5 Å². The van der Waals surface area contributed by atoms with Gasteiger partial charge < -0.3 is 28.7 Å². The van der Waals surface area contributed by atoms with Gasteiger partial charge in [-0.3, -0.25) is 14.9 Å². The van der Waals surface area contributed by atoms with Crippen LogP contribution in [0.15, 0.2) is 47.5 Å². The van der Waals surface area contributed by atoms with Gasteiger partial charge in [0.25, 0.3) is 0 Å². The summed E-state index contributed by atoms with van der Waals surface area (Å²) in [6, 6.07) is 12.5. The molecular formula is C26H32N4O6. The molecule has 2 aliphatic rings. The number of ether oxygens (including phenoxy) is 4. The number of anilines is 1. The van der Waals surface area contributed by atoms with Crippen LogP contribution in [-0.2, 0) is 14.3 Å². The van der Waals surface area contributed by atoms with E-state index in [9.17, 15) is 9.59 Å². The average molecular weight is 497 g/mol. The number of piperazine rings is 1. The Morgan fingerprint density at radius 2 is 1.61 bits per heavy atom. The highest BCUT2D eigenvalue weighted by Gasteiger charge is 2.42. The topological polar surface area (TPSA) is 102 Å². The number of carbonyl (C=O) groups is 2. The molecule has 1 amide bonds. The first-order valence-electron chi connectivity index (χ1n) is 11.9. The molecular weight excluding hydrogens is 464 g/mol. The van der Waals surface area contributed by atoms with Gasteiger partial charge in [-0.05, 0) is 48.9 Å². The summed E-state index contributed by atoms with van der Waals surface area (Å²) in [6.07, 6.45) is 0. The van der Waals surface area contributed by atoms with Gasteiger partial charge in [-0.1, -0.05) is 6.07 Å². The lowest BCUT2D eigenvalue weighted by Crippen LogP contribution is -2.57. The molecule has 4 rings (SSSR count). The molecule has 1 N–H and O–H groups in total. The number of esters is 1. The molecule has 192 valence electrons. The summed E-state index contributed by atoms with van der Waals surface area (Å²) in [5, 5.41) is 2.84. The molecule has 0 radical (unpaired) electrons. The van der Waals surface area contributed by atoms with Crippen LogP contribution in [-0.4, -0.2) is 76.9 Å². The predicted molar refractivity (Wildman–Crippen MR) is 135 cm³/mol. The van der Waals surface area contributed by atoms with Gasteiger partial charge in [0.15, 0.2) is 17.4 Å². The van der Waals surface area contributed by atoms with Crippen molar-refractivity contribution >= 4 is 23.5 Å². The molecule has 2 aromatic rings. The number of nitrogens with one attached hydrogen (secondary N) is 1. The van der Waals surface area contributed by atoms with Crippen LogP contribution in [0.3, 0.4) is 0 Å². The van der Waals surface area contributed by atoms with Crippen molar-refractivity contribution in [1.29, 1.82) is 0 Å². The van der Waals surface area contributed by atoms with E-state index in [1.54, 1.807) is 39.3 Å². The van der Waals surface area contributed by atoms with E-state index in [4.69, 9.17) is 23.9 Å². The summed E-state index contributed by atoms with van der Waals surface area (Å²) in [6.45, 7) is 4.71. The standard InChI is InChI=1S/C26H32N4O6/c1-5-36-25(32)22-23(17-6-11-20(34-3)21(16-17)35-4)27-26(28-24(22)31)30-14-12-29(13-15-30)18-7-9-19(33-2)10-8-18/h6-11,16,22-23H,5,12-15H2,1-4H3,(H,27,28,31)/t22-,23-/m1/s1. The molecule has 10 heteroatoms. The fourth-order valence-corrected chi connectivity index (χ4v) is 4.47. The average Bonchev–Trinajstić information content (AvgIpc) is 2.92. The molecule has 1 fully saturated rings. The van der Waals surface area contributed by atoms with Gasteiger partial charge in [0.1, 0.15) is 11.8 Å².